The summed E-state index contributed by atoms with van der Waals surface area (Å²) in [6, 6.07) is 5.40. The van der Waals surface area contributed by atoms with Gasteiger partial charge in [-0.15, -0.1) is 0 Å². The maximum atomic E-state index is 12.3. The molecule has 6 nitrogen and oxygen atoms in total. The number of hydrogen-bond donors (Lipinski definition) is 1. The van der Waals surface area contributed by atoms with Crippen molar-refractivity contribution < 1.29 is 16.8 Å². The van der Waals surface area contributed by atoms with Crippen molar-refractivity contribution in [1.82, 2.24) is 9.62 Å². The predicted molar refractivity (Wildman–Crippen MR) is 91.7 cm³/mol. The average Bonchev–Trinajstić information content (AvgIpc) is 2.54. The number of likely N-dealkylation sites (N-methyl/N-ethyl adjacent to an activating group) is 1. The van der Waals surface area contributed by atoms with Crippen LogP contribution in [0, 0.1) is 0 Å². The van der Waals surface area contributed by atoms with Gasteiger partial charge >= 0.3 is 0 Å². The van der Waals surface area contributed by atoms with Crippen molar-refractivity contribution in [1.29, 1.82) is 0 Å². The molecule has 1 aromatic rings. The van der Waals surface area contributed by atoms with Gasteiger partial charge in [-0.3, -0.25) is 4.90 Å². The number of benzene rings is 1. The van der Waals surface area contributed by atoms with Gasteiger partial charge in [0.05, 0.1) is 15.5 Å². The molecule has 0 saturated carbocycles. The lowest BCUT2D eigenvalue weighted by Gasteiger charge is -2.26. The Balaban J connectivity index is 2.85. The smallest absolute Gasteiger partial charge is 0.240 e. The second kappa shape index (κ2) is 8.23. The summed E-state index contributed by atoms with van der Waals surface area (Å²) in [5.41, 5.74) is 0. The standard InChI is InChI=1S/C15H26N2O4S2/c1-5-17(6-2)13(4)12-16-23(20,21)15-10-8-14(9-11-15)22(18,19)7-3/h8-11,13,16H,5-7,12H2,1-4H3. The van der Waals surface area contributed by atoms with E-state index >= 15 is 0 Å². The van der Waals surface area contributed by atoms with Crippen molar-refractivity contribution in [3.8, 4) is 0 Å². The van der Waals surface area contributed by atoms with Crippen LogP contribution in [0.25, 0.3) is 0 Å². The van der Waals surface area contributed by atoms with E-state index in [1.54, 1.807) is 6.92 Å². The Bertz CT molecular complexity index is 693. The Morgan fingerprint density at radius 1 is 0.957 bits per heavy atom. The molecule has 1 rings (SSSR count). The molecule has 0 aromatic heterocycles. The molecule has 0 bridgehead atoms. The van der Waals surface area contributed by atoms with Gasteiger partial charge in [0, 0.05) is 12.6 Å². The van der Waals surface area contributed by atoms with Crippen molar-refractivity contribution in [3.63, 3.8) is 0 Å². The zero-order chi connectivity index (χ0) is 17.7. The van der Waals surface area contributed by atoms with E-state index in [0.29, 0.717) is 6.54 Å². The van der Waals surface area contributed by atoms with E-state index < -0.39 is 19.9 Å². The van der Waals surface area contributed by atoms with Crippen LogP contribution < -0.4 is 4.72 Å². The van der Waals surface area contributed by atoms with Crippen molar-refractivity contribution in [2.75, 3.05) is 25.4 Å². The summed E-state index contributed by atoms with van der Waals surface area (Å²) in [6.07, 6.45) is 0. The quantitative estimate of drug-likeness (QED) is 0.719. The Labute approximate surface area is 139 Å². The molecule has 1 unspecified atom stereocenters. The lowest BCUT2D eigenvalue weighted by atomic mass is 10.3. The van der Waals surface area contributed by atoms with E-state index in [0.717, 1.165) is 13.1 Å². The van der Waals surface area contributed by atoms with Gasteiger partial charge in [0.15, 0.2) is 9.84 Å². The van der Waals surface area contributed by atoms with Crippen LogP contribution in [0.4, 0.5) is 0 Å². The lowest BCUT2D eigenvalue weighted by Crippen LogP contribution is -2.41. The minimum absolute atomic E-state index is 0.0151. The second-order valence-electron chi connectivity index (χ2n) is 5.30. The Morgan fingerprint density at radius 3 is 1.87 bits per heavy atom. The van der Waals surface area contributed by atoms with Crippen LogP contribution in [-0.2, 0) is 19.9 Å². The minimum atomic E-state index is -3.65. The third kappa shape index (κ3) is 5.27. The van der Waals surface area contributed by atoms with Crippen LogP contribution in [0.3, 0.4) is 0 Å². The molecule has 0 aliphatic carbocycles. The van der Waals surface area contributed by atoms with E-state index in [1.807, 2.05) is 20.8 Å². The van der Waals surface area contributed by atoms with E-state index in [1.165, 1.54) is 24.3 Å². The molecule has 23 heavy (non-hydrogen) atoms. The van der Waals surface area contributed by atoms with E-state index in [-0.39, 0.29) is 21.6 Å². The van der Waals surface area contributed by atoms with Gasteiger partial charge in [0.25, 0.3) is 0 Å². The van der Waals surface area contributed by atoms with Crippen LogP contribution in [0.15, 0.2) is 34.1 Å². The molecule has 0 amide bonds. The predicted octanol–water partition coefficient (Wildman–Crippen LogP) is 1.49. The number of sulfone groups is 1. The van der Waals surface area contributed by atoms with Crippen molar-refractivity contribution in [2.45, 2.75) is 43.5 Å². The summed E-state index contributed by atoms with van der Waals surface area (Å²) >= 11 is 0. The van der Waals surface area contributed by atoms with Gasteiger partial charge in [-0.2, -0.15) is 0 Å². The van der Waals surface area contributed by atoms with Crippen LogP contribution >= 0.6 is 0 Å². The molecule has 0 aliphatic rings. The first-order valence-corrected chi connectivity index (χ1v) is 10.9. The Morgan fingerprint density at radius 2 is 1.43 bits per heavy atom. The third-order valence-electron chi connectivity index (χ3n) is 3.88. The SMILES string of the molecule is CCN(CC)C(C)CNS(=O)(=O)c1ccc(S(=O)(=O)CC)cc1. The molecule has 0 heterocycles. The fourth-order valence-electron chi connectivity index (χ4n) is 2.28. The largest absolute Gasteiger partial charge is 0.300 e. The minimum Gasteiger partial charge on any atom is -0.300 e. The maximum Gasteiger partial charge on any atom is 0.240 e. The highest BCUT2D eigenvalue weighted by Gasteiger charge is 2.19. The van der Waals surface area contributed by atoms with Crippen molar-refractivity contribution >= 4 is 19.9 Å². The highest BCUT2D eigenvalue weighted by molar-refractivity contribution is 7.91. The third-order valence-corrected chi connectivity index (χ3v) is 7.07. The summed E-state index contributed by atoms with van der Waals surface area (Å²) in [7, 11) is -6.97. The number of nitrogens with one attached hydrogen (secondary N) is 1. The van der Waals surface area contributed by atoms with E-state index in [2.05, 4.69) is 9.62 Å². The number of rotatable bonds is 9. The van der Waals surface area contributed by atoms with Gasteiger partial charge in [-0.05, 0) is 44.3 Å². The first-order chi connectivity index (χ1) is 10.7. The molecule has 0 saturated heterocycles. The molecule has 1 aromatic carbocycles. The van der Waals surface area contributed by atoms with Gasteiger partial charge in [0.1, 0.15) is 0 Å². The second-order valence-corrected chi connectivity index (χ2v) is 9.34. The molecule has 1 N–H and O–H groups in total. The molecule has 132 valence electrons. The topological polar surface area (TPSA) is 83.6 Å². The van der Waals surface area contributed by atoms with Crippen LogP contribution in [0.1, 0.15) is 27.7 Å². The van der Waals surface area contributed by atoms with Crippen LogP contribution in [0.2, 0.25) is 0 Å². The first kappa shape index (κ1) is 20.1. The zero-order valence-corrected chi connectivity index (χ0v) is 15.7. The van der Waals surface area contributed by atoms with E-state index in [9.17, 15) is 16.8 Å². The lowest BCUT2D eigenvalue weighted by molar-refractivity contribution is 0.232. The fraction of sp³-hybridized carbons (Fsp3) is 0.600. The first-order valence-electron chi connectivity index (χ1n) is 7.74. The highest BCUT2D eigenvalue weighted by Crippen LogP contribution is 2.15. The highest BCUT2D eigenvalue weighted by atomic mass is 32.2. The zero-order valence-electron chi connectivity index (χ0n) is 14.1. The summed E-state index contributed by atoms with van der Waals surface area (Å²) < 4.78 is 50.6. The average molecular weight is 363 g/mol. The summed E-state index contributed by atoms with van der Waals surface area (Å²) in [6.45, 7) is 9.58. The fourth-order valence-corrected chi connectivity index (χ4v) is 4.29. The van der Waals surface area contributed by atoms with Gasteiger partial charge in [0.2, 0.25) is 10.0 Å². The van der Waals surface area contributed by atoms with Crippen LogP contribution in [0.5, 0.6) is 0 Å². The monoisotopic (exact) mass is 362 g/mol. The van der Waals surface area contributed by atoms with Crippen LogP contribution in [-0.4, -0.2) is 53.2 Å². The molecule has 0 aliphatic heterocycles. The van der Waals surface area contributed by atoms with Crippen molar-refractivity contribution in [3.05, 3.63) is 24.3 Å². The Hall–Kier alpha value is -0.960. The molecular formula is C15H26N2O4S2. The van der Waals surface area contributed by atoms with Crippen molar-refractivity contribution in [2.24, 2.45) is 0 Å². The van der Waals surface area contributed by atoms with Gasteiger partial charge in [-0.1, -0.05) is 20.8 Å². The molecular weight excluding hydrogens is 336 g/mol. The maximum absolute atomic E-state index is 12.3. The number of sulfonamides is 1. The Kier molecular flexibility index (Phi) is 7.19. The van der Waals surface area contributed by atoms with Gasteiger partial charge < -0.3 is 0 Å². The molecule has 0 radical (unpaired) electrons. The summed E-state index contributed by atoms with van der Waals surface area (Å²) in [5, 5.41) is 0. The number of nitrogens with zero attached hydrogens (tertiary/aromatic N) is 1. The summed E-state index contributed by atoms with van der Waals surface area (Å²) in [4.78, 5) is 2.36. The summed E-state index contributed by atoms with van der Waals surface area (Å²) in [5.74, 6) is -0.0151. The van der Waals surface area contributed by atoms with Gasteiger partial charge in [-0.25, -0.2) is 21.6 Å². The molecule has 8 heteroatoms. The normalized spacial score (nSPS) is 14.1. The number of hydrogen-bond acceptors (Lipinski definition) is 5. The molecule has 1 atom stereocenters. The van der Waals surface area contributed by atoms with E-state index in [4.69, 9.17) is 0 Å². The molecule has 0 spiro atoms. The molecule has 0 fully saturated rings.